The highest BCUT2D eigenvalue weighted by atomic mass is 19.1. The van der Waals surface area contributed by atoms with Gasteiger partial charge in [-0.05, 0) is 48.9 Å². The topological polar surface area (TPSA) is 68.0 Å². The minimum absolute atomic E-state index is 0.166. The van der Waals surface area contributed by atoms with E-state index in [-0.39, 0.29) is 24.0 Å². The molecule has 1 saturated heterocycles. The van der Waals surface area contributed by atoms with Crippen LogP contribution in [0.1, 0.15) is 27.4 Å². The van der Waals surface area contributed by atoms with E-state index in [0.717, 1.165) is 11.3 Å². The molecule has 0 bridgehead atoms. The number of hydrogen-bond donors (Lipinski definition) is 0. The molecule has 0 unspecified atom stereocenters. The first kappa shape index (κ1) is 21.8. The molecule has 1 fully saturated rings. The van der Waals surface area contributed by atoms with Crippen molar-refractivity contribution in [1.29, 1.82) is 0 Å². The van der Waals surface area contributed by atoms with Crippen LogP contribution >= 0.6 is 0 Å². The first-order valence-electron chi connectivity index (χ1n) is 10.5. The van der Waals surface area contributed by atoms with Crippen LogP contribution in [-0.4, -0.2) is 54.2 Å². The number of benzene rings is 2. The minimum atomic E-state index is -0.234. The lowest BCUT2D eigenvalue weighted by Crippen LogP contribution is -2.48. The molecule has 0 radical (unpaired) electrons. The largest absolute Gasteiger partial charge is 0.497 e. The Labute approximate surface area is 186 Å². The van der Waals surface area contributed by atoms with Gasteiger partial charge in [0.1, 0.15) is 29.7 Å². The second kappa shape index (κ2) is 9.82. The van der Waals surface area contributed by atoms with Crippen molar-refractivity contribution in [3.63, 3.8) is 0 Å². The van der Waals surface area contributed by atoms with Crippen LogP contribution in [0.4, 0.5) is 4.39 Å². The van der Waals surface area contributed by atoms with Crippen LogP contribution in [0.2, 0.25) is 0 Å². The van der Waals surface area contributed by atoms with Gasteiger partial charge in [-0.15, -0.1) is 0 Å². The fraction of sp³-hybridized carbons (Fsp3) is 0.333. The molecule has 2 aromatic carbocycles. The Morgan fingerprint density at radius 2 is 1.81 bits per heavy atom. The number of hydrogen-bond acceptors (Lipinski definition) is 6. The highest BCUT2D eigenvalue weighted by Crippen LogP contribution is 2.22. The van der Waals surface area contributed by atoms with E-state index in [1.165, 1.54) is 6.07 Å². The first-order chi connectivity index (χ1) is 15.5. The van der Waals surface area contributed by atoms with E-state index in [1.807, 2.05) is 18.2 Å². The van der Waals surface area contributed by atoms with Crippen molar-refractivity contribution in [2.75, 3.05) is 33.3 Å². The van der Waals surface area contributed by atoms with Gasteiger partial charge in [0.15, 0.2) is 5.69 Å². The lowest BCUT2D eigenvalue weighted by atomic mass is 10.1. The molecular weight excluding hydrogens is 413 g/mol. The number of rotatable bonds is 7. The molecule has 4 rings (SSSR count). The molecule has 32 heavy (non-hydrogen) atoms. The van der Waals surface area contributed by atoms with Gasteiger partial charge in [-0.2, -0.15) is 0 Å². The summed E-state index contributed by atoms with van der Waals surface area (Å²) in [5, 5.41) is 4.01. The molecule has 0 aliphatic carbocycles. The van der Waals surface area contributed by atoms with E-state index in [1.54, 1.807) is 43.2 Å². The summed E-state index contributed by atoms with van der Waals surface area (Å²) < 4.78 is 29.7. The quantitative estimate of drug-likeness (QED) is 0.560. The molecule has 1 aliphatic rings. The molecule has 0 atom stereocenters. The van der Waals surface area contributed by atoms with Gasteiger partial charge in [0, 0.05) is 32.7 Å². The zero-order valence-electron chi connectivity index (χ0n) is 18.2. The van der Waals surface area contributed by atoms with Crippen LogP contribution in [0.15, 0.2) is 53.1 Å². The Kier molecular flexibility index (Phi) is 6.70. The third-order valence-electron chi connectivity index (χ3n) is 5.58. The smallest absolute Gasteiger partial charge is 0.276 e. The Morgan fingerprint density at radius 3 is 2.50 bits per heavy atom. The number of methoxy groups -OCH3 is 1. The molecule has 0 spiro atoms. The zero-order chi connectivity index (χ0) is 22.5. The van der Waals surface area contributed by atoms with E-state index in [4.69, 9.17) is 14.0 Å². The average molecular weight is 439 g/mol. The van der Waals surface area contributed by atoms with Crippen molar-refractivity contribution in [1.82, 2.24) is 15.0 Å². The van der Waals surface area contributed by atoms with Gasteiger partial charge in [0.05, 0.1) is 12.7 Å². The van der Waals surface area contributed by atoms with Gasteiger partial charge in [-0.3, -0.25) is 9.69 Å². The molecular formula is C24H26FN3O4. The second-order valence-electron chi connectivity index (χ2n) is 7.73. The van der Waals surface area contributed by atoms with E-state index in [9.17, 15) is 9.18 Å². The van der Waals surface area contributed by atoms with Gasteiger partial charge in [0.25, 0.3) is 5.91 Å². The van der Waals surface area contributed by atoms with E-state index < -0.39 is 0 Å². The maximum Gasteiger partial charge on any atom is 0.276 e. The average Bonchev–Trinajstić information content (AvgIpc) is 3.18. The molecule has 0 saturated carbocycles. The molecule has 7 nitrogen and oxygen atoms in total. The van der Waals surface area contributed by atoms with Crippen LogP contribution < -0.4 is 9.47 Å². The number of ether oxygens (including phenoxy) is 2. The van der Waals surface area contributed by atoms with Crippen molar-refractivity contribution in [2.24, 2.45) is 0 Å². The molecule has 1 amide bonds. The number of aryl methyl sites for hydroxylation is 1. The fourth-order valence-electron chi connectivity index (χ4n) is 3.71. The van der Waals surface area contributed by atoms with Crippen molar-refractivity contribution in [2.45, 2.75) is 20.1 Å². The summed E-state index contributed by atoms with van der Waals surface area (Å²) in [5.41, 5.74) is 1.86. The molecule has 8 heteroatoms. The lowest BCUT2D eigenvalue weighted by molar-refractivity contribution is 0.0616. The summed E-state index contributed by atoms with van der Waals surface area (Å²) in [7, 11) is 1.61. The second-order valence-corrected chi connectivity index (χ2v) is 7.73. The van der Waals surface area contributed by atoms with Gasteiger partial charge in [-0.1, -0.05) is 17.3 Å². The molecule has 1 aromatic heterocycles. The van der Waals surface area contributed by atoms with E-state index in [2.05, 4.69) is 10.1 Å². The number of nitrogens with zero attached hydrogens (tertiary/aromatic N) is 3. The maximum atomic E-state index is 13.4. The van der Waals surface area contributed by atoms with Gasteiger partial charge < -0.3 is 18.9 Å². The third-order valence-corrected chi connectivity index (χ3v) is 5.58. The maximum absolute atomic E-state index is 13.4. The van der Waals surface area contributed by atoms with Crippen LogP contribution in [-0.2, 0) is 13.2 Å². The number of carbonyl (C=O) groups is 1. The molecule has 0 N–H and O–H groups in total. The lowest BCUT2D eigenvalue weighted by Gasteiger charge is -2.34. The van der Waals surface area contributed by atoms with Crippen molar-refractivity contribution in [3.05, 3.63) is 76.9 Å². The highest BCUT2D eigenvalue weighted by molar-refractivity contribution is 5.93. The van der Waals surface area contributed by atoms with Crippen LogP contribution in [0, 0.1) is 12.7 Å². The Morgan fingerprint density at radius 1 is 1.09 bits per heavy atom. The molecule has 3 aromatic rings. The Bertz CT molecular complexity index is 1060. The number of carbonyl (C=O) groups excluding carboxylic acids is 1. The summed E-state index contributed by atoms with van der Waals surface area (Å²) in [6.45, 7) is 5.16. The Hall–Kier alpha value is -3.39. The summed E-state index contributed by atoms with van der Waals surface area (Å²) in [5.74, 6) is 1.57. The first-order valence-corrected chi connectivity index (χ1v) is 10.5. The number of piperazine rings is 1. The monoisotopic (exact) mass is 439 g/mol. The van der Waals surface area contributed by atoms with Gasteiger partial charge >= 0.3 is 0 Å². The summed E-state index contributed by atoms with van der Waals surface area (Å²) in [6.07, 6.45) is 0. The number of aromatic nitrogens is 1. The zero-order valence-corrected chi connectivity index (χ0v) is 18.2. The van der Waals surface area contributed by atoms with Crippen LogP contribution in [0.3, 0.4) is 0 Å². The highest BCUT2D eigenvalue weighted by Gasteiger charge is 2.28. The molecule has 2 heterocycles. The van der Waals surface area contributed by atoms with Crippen molar-refractivity contribution in [3.8, 4) is 11.5 Å². The summed E-state index contributed by atoms with van der Waals surface area (Å²) >= 11 is 0. The molecule has 1 aliphatic heterocycles. The van der Waals surface area contributed by atoms with Crippen LogP contribution in [0.5, 0.6) is 11.5 Å². The summed E-state index contributed by atoms with van der Waals surface area (Å²) in [4.78, 5) is 17.1. The minimum Gasteiger partial charge on any atom is -0.497 e. The fourth-order valence-corrected chi connectivity index (χ4v) is 3.71. The van der Waals surface area contributed by atoms with Gasteiger partial charge in [0.2, 0.25) is 0 Å². The number of amides is 1. The summed E-state index contributed by atoms with van der Waals surface area (Å²) in [6, 6.07) is 13.8. The normalized spacial score (nSPS) is 14.4. The predicted octanol–water partition coefficient (Wildman–Crippen LogP) is 3.67. The van der Waals surface area contributed by atoms with Crippen LogP contribution in [0.25, 0.3) is 0 Å². The Balaban J connectivity index is 1.35. The van der Waals surface area contributed by atoms with Gasteiger partial charge in [-0.25, -0.2) is 4.39 Å². The van der Waals surface area contributed by atoms with Crippen molar-refractivity contribution >= 4 is 5.91 Å². The van der Waals surface area contributed by atoms with E-state index >= 15 is 0 Å². The number of halogens is 1. The third kappa shape index (κ3) is 5.08. The predicted molar refractivity (Wildman–Crippen MR) is 116 cm³/mol. The van der Waals surface area contributed by atoms with E-state index in [0.29, 0.717) is 49.8 Å². The van der Waals surface area contributed by atoms with Crippen molar-refractivity contribution < 1.29 is 23.2 Å². The molecule has 168 valence electrons. The SMILES string of the molecule is COc1ccc(OCc2c(C(=O)N3CCN(Cc4cccc(F)c4)CC3)noc2C)cc1. The standard InChI is InChI=1S/C24H26FN3O4/c1-17-22(16-31-21-8-6-20(30-2)7-9-21)23(26-32-17)24(29)28-12-10-27(11-13-28)15-18-4-3-5-19(25)14-18/h3-9,14H,10-13,15-16H2,1-2H3.